The van der Waals surface area contributed by atoms with Crippen molar-refractivity contribution in [2.24, 2.45) is 5.92 Å². The van der Waals surface area contributed by atoms with Crippen LogP contribution >= 0.6 is 0 Å². The van der Waals surface area contributed by atoms with Crippen LogP contribution in [0.3, 0.4) is 0 Å². The van der Waals surface area contributed by atoms with Gasteiger partial charge in [-0.05, 0) is 37.8 Å². The molecule has 0 aliphatic heterocycles. The third-order valence-electron chi connectivity index (χ3n) is 3.99. The number of anilines is 1. The van der Waals surface area contributed by atoms with Gasteiger partial charge in [0.2, 0.25) is 0 Å². The van der Waals surface area contributed by atoms with E-state index in [4.69, 9.17) is 0 Å². The number of carbonyl (C=O) groups excluding carboxylic acids is 1. The summed E-state index contributed by atoms with van der Waals surface area (Å²) in [7, 11) is 0. The van der Waals surface area contributed by atoms with Crippen molar-refractivity contribution in [1.29, 1.82) is 0 Å². The lowest BCUT2D eigenvalue weighted by atomic mass is 9.85. The Balaban J connectivity index is 2.15. The van der Waals surface area contributed by atoms with Gasteiger partial charge in [0.15, 0.2) is 0 Å². The molecule has 0 saturated heterocycles. The monoisotopic (exact) mass is 289 g/mol. The van der Waals surface area contributed by atoms with Crippen LogP contribution in [0.25, 0.3) is 0 Å². The maximum atomic E-state index is 12.4. The molecule has 1 heterocycles. The van der Waals surface area contributed by atoms with Crippen LogP contribution in [-0.4, -0.2) is 24.0 Å². The summed E-state index contributed by atoms with van der Waals surface area (Å²) in [5, 5.41) is 6.27. The smallest absolute Gasteiger partial charge is 0.251 e. The van der Waals surface area contributed by atoms with E-state index in [-0.39, 0.29) is 11.3 Å². The number of amides is 1. The van der Waals surface area contributed by atoms with Crippen molar-refractivity contribution >= 4 is 11.7 Å². The topological polar surface area (TPSA) is 54.0 Å². The fourth-order valence-electron chi connectivity index (χ4n) is 2.35. The highest BCUT2D eigenvalue weighted by Gasteiger charge is 2.21. The number of carbonyl (C=O) groups is 1. The van der Waals surface area contributed by atoms with Crippen molar-refractivity contribution < 1.29 is 4.79 Å². The molecule has 4 nitrogen and oxygen atoms in total. The van der Waals surface area contributed by atoms with Crippen molar-refractivity contribution in [3.05, 3.63) is 23.4 Å². The van der Waals surface area contributed by atoms with E-state index in [0.29, 0.717) is 11.5 Å². The minimum atomic E-state index is -0.0750. The maximum absolute atomic E-state index is 12.4. The van der Waals surface area contributed by atoms with Crippen LogP contribution in [0, 0.1) is 5.92 Å². The molecule has 1 aromatic rings. The van der Waals surface area contributed by atoms with Crippen LogP contribution in [0.5, 0.6) is 0 Å². The Morgan fingerprint density at radius 2 is 2.05 bits per heavy atom. The lowest BCUT2D eigenvalue weighted by Gasteiger charge is -2.25. The van der Waals surface area contributed by atoms with E-state index in [2.05, 4.69) is 36.4 Å². The molecular formula is C17H27N3O. The Hall–Kier alpha value is -1.58. The second kappa shape index (κ2) is 6.46. The van der Waals surface area contributed by atoms with Gasteiger partial charge in [0.25, 0.3) is 5.91 Å². The van der Waals surface area contributed by atoms with Gasteiger partial charge < -0.3 is 10.6 Å². The summed E-state index contributed by atoms with van der Waals surface area (Å²) in [6.45, 7) is 9.96. The first-order valence-corrected chi connectivity index (χ1v) is 7.94. The highest BCUT2D eigenvalue weighted by molar-refractivity contribution is 5.95. The summed E-state index contributed by atoms with van der Waals surface area (Å²) in [5.74, 6) is 1.46. The van der Waals surface area contributed by atoms with Crippen molar-refractivity contribution in [3.63, 3.8) is 0 Å². The Kier molecular flexibility index (Phi) is 4.86. The van der Waals surface area contributed by atoms with E-state index in [1.165, 1.54) is 19.3 Å². The molecule has 2 rings (SSSR count). The van der Waals surface area contributed by atoms with Crippen LogP contribution in [0.15, 0.2) is 12.1 Å². The predicted molar refractivity (Wildman–Crippen MR) is 86.8 cm³/mol. The molecule has 1 saturated carbocycles. The molecule has 0 spiro atoms. The van der Waals surface area contributed by atoms with E-state index in [9.17, 15) is 4.79 Å². The number of hydrogen-bond donors (Lipinski definition) is 2. The van der Waals surface area contributed by atoms with E-state index in [0.717, 1.165) is 24.6 Å². The molecule has 116 valence electrons. The molecule has 21 heavy (non-hydrogen) atoms. The van der Waals surface area contributed by atoms with Crippen molar-refractivity contribution in [3.8, 4) is 0 Å². The van der Waals surface area contributed by atoms with Gasteiger partial charge in [0, 0.05) is 29.8 Å². The van der Waals surface area contributed by atoms with E-state index in [1.807, 2.05) is 19.1 Å². The highest BCUT2D eigenvalue weighted by atomic mass is 16.1. The van der Waals surface area contributed by atoms with Crippen LogP contribution in [0.4, 0.5) is 5.82 Å². The normalized spacial score (nSPS) is 15.4. The molecule has 1 fully saturated rings. The predicted octanol–water partition coefficient (Wildman–Crippen LogP) is 3.34. The van der Waals surface area contributed by atoms with Crippen LogP contribution in [-0.2, 0) is 5.41 Å². The van der Waals surface area contributed by atoms with E-state index >= 15 is 0 Å². The molecular weight excluding hydrogens is 262 g/mol. The first-order valence-electron chi connectivity index (χ1n) is 7.94. The zero-order chi connectivity index (χ0) is 15.5. The number of hydrogen-bond acceptors (Lipinski definition) is 3. The molecule has 0 bridgehead atoms. The summed E-state index contributed by atoms with van der Waals surface area (Å²) in [4.78, 5) is 17.0. The number of aromatic nitrogens is 1. The SMILES string of the molecule is CCNc1cc(C(=O)NCC2CCC2)cc(C(C)(C)C)n1. The lowest BCUT2D eigenvalue weighted by molar-refractivity contribution is 0.0939. The average molecular weight is 289 g/mol. The number of nitrogens with zero attached hydrogens (tertiary/aromatic N) is 1. The maximum Gasteiger partial charge on any atom is 0.251 e. The van der Waals surface area contributed by atoms with Gasteiger partial charge in [0.05, 0.1) is 0 Å². The summed E-state index contributed by atoms with van der Waals surface area (Å²) in [6.07, 6.45) is 3.79. The summed E-state index contributed by atoms with van der Waals surface area (Å²) < 4.78 is 0. The molecule has 1 aromatic heterocycles. The fourth-order valence-corrected chi connectivity index (χ4v) is 2.35. The van der Waals surface area contributed by atoms with Crippen molar-refractivity contribution in [1.82, 2.24) is 10.3 Å². The van der Waals surface area contributed by atoms with Gasteiger partial charge in [-0.1, -0.05) is 27.2 Å². The van der Waals surface area contributed by atoms with E-state index < -0.39 is 0 Å². The van der Waals surface area contributed by atoms with Gasteiger partial charge in [-0.3, -0.25) is 4.79 Å². The molecule has 1 aliphatic carbocycles. The quantitative estimate of drug-likeness (QED) is 0.874. The van der Waals surface area contributed by atoms with Crippen LogP contribution < -0.4 is 10.6 Å². The average Bonchev–Trinajstić information content (AvgIpc) is 2.35. The van der Waals surface area contributed by atoms with Crippen molar-refractivity contribution in [2.45, 2.75) is 52.4 Å². The molecule has 1 amide bonds. The third kappa shape index (κ3) is 4.19. The Labute approximate surface area is 127 Å². The number of nitrogens with one attached hydrogen (secondary N) is 2. The Morgan fingerprint density at radius 3 is 2.57 bits per heavy atom. The second-order valence-corrected chi connectivity index (χ2v) is 6.91. The first kappa shape index (κ1) is 15.8. The minimum absolute atomic E-state index is 0.00829. The number of pyridine rings is 1. The fraction of sp³-hybridized carbons (Fsp3) is 0.647. The number of rotatable bonds is 5. The summed E-state index contributed by atoms with van der Waals surface area (Å²) in [5.41, 5.74) is 1.56. The standard InChI is InChI=1S/C17H27N3O/c1-5-18-15-10-13(9-14(20-15)17(2,3)4)16(21)19-11-12-7-6-8-12/h9-10,12H,5-8,11H2,1-4H3,(H,18,20)(H,19,21). The van der Waals surface area contributed by atoms with Crippen LogP contribution in [0.2, 0.25) is 0 Å². The van der Waals surface area contributed by atoms with Gasteiger partial charge >= 0.3 is 0 Å². The first-order chi connectivity index (χ1) is 9.90. The third-order valence-corrected chi connectivity index (χ3v) is 3.99. The molecule has 1 aliphatic rings. The molecule has 2 N–H and O–H groups in total. The molecule has 0 aromatic carbocycles. The van der Waals surface area contributed by atoms with Crippen molar-refractivity contribution in [2.75, 3.05) is 18.4 Å². The van der Waals surface area contributed by atoms with E-state index in [1.54, 1.807) is 0 Å². The zero-order valence-electron chi connectivity index (χ0n) is 13.6. The van der Waals surface area contributed by atoms with Gasteiger partial charge in [0.1, 0.15) is 5.82 Å². The van der Waals surface area contributed by atoms with Gasteiger partial charge in [-0.15, -0.1) is 0 Å². The highest BCUT2D eigenvalue weighted by Crippen LogP contribution is 2.26. The molecule has 0 radical (unpaired) electrons. The van der Waals surface area contributed by atoms with Gasteiger partial charge in [-0.2, -0.15) is 0 Å². The zero-order valence-corrected chi connectivity index (χ0v) is 13.6. The van der Waals surface area contributed by atoms with Gasteiger partial charge in [-0.25, -0.2) is 4.98 Å². The molecule has 4 heteroatoms. The second-order valence-electron chi connectivity index (χ2n) is 6.91. The summed E-state index contributed by atoms with van der Waals surface area (Å²) in [6, 6.07) is 3.76. The Bertz CT molecular complexity index is 501. The van der Waals surface area contributed by atoms with Crippen LogP contribution in [0.1, 0.15) is 63.0 Å². The summed E-state index contributed by atoms with van der Waals surface area (Å²) >= 11 is 0. The molecule has 0 atom stereocenters. The minimum Gasteiger partial charge on any atom is -0.370 e. The lowest BCUT2D eigenvalue weighted by Crippen LogP contribution is -2.32. The molecule has 0 unspecified atom stereocenters. The largest absolute Gasteiger partial charge is 0.370 e. The Morgan fingerprint density at radius 1 is 1.33 bits per heavy atom.